The average molecular weight is 763 g/mol. The summed E-state index contributed by atoms with van der Waals surface area (Å²) in [5.41, 5.74) is 12.8. The molecule has 0 spiro atoms. The van der Waals surface area contributed by atoms with E-state index in [4.69, 9.17) is 4.98 Å². The van der Waals surface area contributed by atoms with Gasteiger partial charge in [-0.25, -0.2) is 4.98 Å². The lowest BCUT2D eigenvalue weighted by Crippen LogP contribution is -2.10. The summed E-state index contributed by atoms with van der Waals surface area (Å²) in [5.74, 6) is 0. The molecule has 2 heterocycles. The zero-order valence-corrected chi connectivity index (χ0v) is 32.5. The molecule has 0 bridgehead atoms. The smallest absolute Gasteiger partial charge is 0.124 e. The molecule has 268 valence electrons. The maximum Gasteiger partial charge on any atom is 0.124 e. The number of aromatic nitrogens is 1. The lowest BCUT2D eigenvalue weighted by Gasteiger charge is -2.28. The van der Waals surface area contributed by atoms with Crippen LogP contribution in [0.5, 0.6) is 0 Å². The number of benzene rings is 9. The molecular weight excluding hydrogens is 729 g/mol. The highest BCUT2D eigenvalue weighted by atomic mass is 32.1. The van der Waals surface area contributed by atoms with Crippen molar-refractivity contribution in [3.05, 3.63) is 206 Å². The molecule has 4 heteroatoms. The highest BCUT2D eigenvalue weighted by Gasteiger charge is 2.18. The molecule has 0 unspecified atom stereocenters. The molecule has 11 rings (SSSR count). The molecule has 0 radical (unpaired) electrons. The maximum absolute atomic E-state index is 5.01. The fraction of sp³-hybridized carbons (Fsp3) is 0. The largest absolute Gasteiger partial charge is 0.310 e. The molecule has 9 aromatic carbocycles. The number of nitrogens with zero attached hydrogens (tertiary/aromatic N) is 2. The average Bonchev–Trinajstić information content (AvgIpc) is 3.87. The van der Waals surface area contributed by atoms with Gasteiger partial charge < -0.3 is 4.90 Å². The second-order valence-corrected chi connectivity index (χ2v) is 16.5. The van der Waals surface area contributed by atoms with Gasteiger partial charge in [-0.2, -0.15) is 0 Å². The van der Waals surface area contributed by atoms with Crippen LogP contribution >= 0.6 is 22.7 Å². The number of hydrogen-bond donors (Lipinski definition) is 0. The number of thiazole rings is 1. The van der Waals surface area contributed by atoms with Crippen LogP contribution in [0.4, 0.5) is 17.1 Å². The summed E-state index contributed by atoms with van der Waals surface area (Å²) in [7, 11) is 0. The van der Waals surface area contributed by atoms with Crippen molar-refractivity contribution in [2.45, 2.75) is 0 Å². The summed E-state index contributed by atoms with van der Waals surface area (Å²) in [4.78, 5) is 7.42. The zero-order chi connectivity index (χ0) is 37.7. The molecule has 2 aromatic heterocycles. The van der Waals surface area contributed by atoms with Crippen LogP contribution in [0.1, 0.15) is 0 Å². The Hall–Kier alpha value is -6.85. The minimum absolute atomic E-state index is 1.06. The van der Waals surface area contributed by atoms with Crippen LogP contribution in [-0.4, -0.2) is 4.98 Å². The van der Waals surface area contributed by atoms with Crippen molar-refractivity contribution < 1.29 is 0 Å². The predicted octanol–water partition coefficient (Wildman–Crippen LogP) is 16.0. The molecule has 0 atom stereocenters. The van der Waals surface area contributed by atoms with Crippen molar-refractivity contribution >= 4 is 80.9 Å². The fourth-order valence-corrected chi connectivity index (χ4v) is 10.2. The second-order valence-electron chi connectivity index (χ2n) is 14.4. The zero-order valence-electron chi connectivity index (χ0n) is 30.8. The van der Waals surface area contributed by atoms with Gasteiger partial charge in [-0.15, -0.1) is 22.7 Å². The lowest BCUT2D eigenvalue weighted by atomic mass is 9.98. The normalized spacial score (nSPS) is 11.5. The van der Waals surface area contributed by atoms with Crippen LogP contribution in [0.2, 0.25) is 0 Å². The first-order valence-corrected chi connectivity index (χ1v) is 20.8. The fourth-order valence-electron chi connectivity index (χ4n) is 8.02. The summed E-state index contributed by atoms with van der Waals surface area (Å²) in [6.45, 7) is 0. The van der Waals surface area contributed by atoms with Gasteiger partial charge in [-0.3, -0.25) is 0 Å². The standard InChI is InChI=1S/C53H34N2S2/c1-4-12-35(13-5-1)37-20-25-43(26-21-37)55(49-31-42(36-14-6-2-7-15-36)30-41-18-10-11-19-45(41)49)44-27-22-38(23-28-44)40-24-29-46-47-33-52-48(34-51(47)56-50(46)32-40)54-53(57-52)39-16-8-3-9-17-39/h1-34H. The van der Waals surface area contributed by atoms with E-state index in [-0.39, 0.29) is 0 Å². The van der Waals surface area contributed by atoms with E-state index in [2.05, 4.69) is 211 Å². The second kappa shape index (κ2) is 14.0. The molecule has 0 aliphatic carbocycles. The highest BCUT2D eigenvalue weighted by Crippen LogP contribution is 2.44. The van der Waals surface area contributed by atoms with Crippen LogP contribution < -0.4 is 4.90 Å². The summed E-state index contributed by atoms with van der Waals surface area (Å²) in [6.07, 6.45) is 0. The van der Waals surface area contributed by atoms with Crippen molar-refractivity contribution in [1.29, 1.82) is 0 Å². The summed E-state index contributed by atoms with van der Waals surface area (Å²) in [6, 6.07) is 74.7. The SMILES string of the molecule is c1ccc(-c2ccc(N(c3ccc(-c4ccc5c(c4)sc4cc6nc(-c7ccccc7)sc6cc45)cc3)c3cc(-c4ccccc4)cc4ccccc34)cc2)cc1. The quantitative estimate of drug-likeness (QED) is 0.161. The monoisotopic (exact) mass is 762 g/mol. The third kappa shape index (κ3) is 6.16. The van der Waals surface area contributed by atoms with Crippen LogP contribution in [-0.2, 0) is 0 Å². The van der Waals surface area contributed by atoms with Gasteiger partial charge in [0, 0.05) is 42.5 Å². The number of rotatable bonds is 7. The molecule has 0 aliphatic heterocycles. The van der Waals surface area contributed by atoms with Crippen LogP contribution in [0.15, 0.2) is 206 Å². The van der Waals surface area contributed by atoms with E-state index in [0.717, 1.165) is 27.6 Å². The van der Waals surface area contributed by atoms with Crippen LogP contribution in [0.25, 0.3) is 85.1 Å². The molecule has 0 fully saturated rings. The van der Waals surface area contributed by atoms with E-state index in [1.165, 1.54) is 74.6 Å². The van der Waals surface area contributed by atoms with Gasteiger partial charge in [-0.05, 0) is 93.4 Å². The van der Waals surface area contributed by atoms with E-state index in [9.17, 15) is 0 Å². The van der Waals surface area contributed by atoms with Crippen LogP contribution in [0.3, 0.4) is 0 Å². The highest BCUT2D eigenvalue weighted by molar-refractivity contribution is 7.26. The molecule has 2 nitrogen and oxygen atoms in total. The van der Waals surface area contributed by atoms with E-state index in [1.807, 2.05) is 11.3 Å². The Morgan fingerprint density at radius 3 is 1.56 bits per heavy atom. The Kier molecular flexibility index (Phi) is 8.24. The molecule has 0 amide bonds. The molecule has 0 saturated carbocycles. The van der Waals surface area contributed by atoms with Crippen molar-refractivity contribution in [2.24, 2.45) is 0 Å². The molecule has 57 heavy (non-hydrogen) atoms. The Morgan fingerprint density at radius 1 is 0.333 bits per heavy atom. The molecule has 0 aliphatic rings. The Labute approximate surface area is 339 Å². The number of hydrogen-bond acceptors (Lipinski definition) is 4. The van der Waals surface area contributed by atoms with Gasteiger partial charge >= 0.3 is 0 Å². The predicted molar refractivity (Wildman–Crippen MR) is 246 cm³/mol. The van der Waals surface area contributed by atoms with Gasteiger partial charge in [-0.1, -0.05) is 152 Å². The van der Waals surface area contributed by atoms with Crippen LogP contribution in [0, 0.1) is 0 Å². The first kappa shape index (κ1) is 33.5. The first-order chi connectivity index (χ1) is 28.2. The molecule has 0 saturated heterocycles. The Balaban J connectivity index is 0.993. The van der Waals surface area contributed by atoms with Gasteiger partial charge in [0.2, 0.25) is 0 Å². The van der Waals surface area contributed by atoms with Gasteiger partial charge in [0.1, 0.15) is 5.01 Å². The topological polar surface area (TPSA) is 16.1 Å². The van der Waals surface area contributed by atoms with Crippen molar-refractivity contribution in [1.82, 2.24) is 4.98 Å². The first-order valence-electron chi connectivity index (χ1n) is 19.2. The van der Waals surface area contributed by atoms with Gasteiger partial charge in [0.25, 0.3) is 0 Å². The minimum Gasteiger partial charge on any atom is -0.310 e. The van der Waals surface area contributed by atoms with E-state index in [1.54, 1.807) is 11.3 Å². The molecular formula is C53H34N2S2. The van der Waals surface area contributed by atoms with E-state index in [0.29, 0.717) is 0 Å². The third-order valence-corrected chi connectivity index (χ3v) is 13.1. The summed E-state index contributed by atoms with van der Waals surface area (Å²) < 4.78 is 3.78. The lowest BCUT2D eigenvalue weighted by molar-refractivity contribution is 1.30. The Morgan fingerprint density at radius 2 is 0.877 bits per heavy atom. The van der Waals surface area contributed by atoms with Gasteiger partial charge in [0.15, 0.2) is 0 Å². The third-order valence-electron chi connectivity index (χ3n) is 10.9. The maximum atomic E-state index is 5.01. The van der Waals surface area contributed by atoms with Gasteiger partial charge in [0.05, 0.1) is 15.9 Å². The summed E-state index contributed by atoms with van der Waals surface area (Å²) >= 11 is 3.62. The minimum atomic E-state index is 1.06. The molecule has 11 aromatic rings. The summed E-state index contributed by atoms with van der Waals surface area (Å²) in [5, 5.41) is 6.07. The number of anilines is 3. The van der Waals surface area contributed by atoms with Crippen molar-refractivity contribution in [2.75, 3.05) is 4.90 Å². The van der Waals surface area contributed by atoms with E-state index < -0.39 is 0 Å². The number of thiophene rings is 1. The number of fused-ring (bicyclic) bond motifs is 5. The van der Waals surface area contributed by atoms with E-state index >= 15 is 0 Å². The Bertz CT molecular complexity index is 3200. The van der Waals surface area contributed by atoms with Crippen molar-refractivity contribution in [3.63, 3.8) is 0 Å². The van der Waals surface area contributed by atoms with Crippen molar-refractivity contribution in [3.8, 4) is 44.0 Å². The molecule has 0 N–H and O–H groups in total.